The number of likely N-dealkylation sites (tertiary alicyclic amines) is 1. The van der Waals surface area contributed by atoms with Crippen molar-refractivity contribution in [1.82, 2.24) is 4.90 Å². The van der Waals surface area contributed by atoms with Crippen LogP contribution in [-0.4, -0.2) is 42.5 Å². The molecule has 2 aromatic rings. The maximum atomic E-state index is 14.0. The standard InChI is InChI=1S/C22H23FN2O3/c23-17-9-3-2-8-16(17)14-21(26)25-15-20(22(27)24-12-6-1-7-13-24)28-19-11-5-4-10-18(19)25/h2-5,8-11,20H,1,6-7,12-15H2/t20-/m1/s1. The van der Waals surface area contributed by atoms with Crippen molar-refractivity contribution in [2.75, 3.05) is 24.5 Å². The number of hydrogen-bond donors (Lipinski definition) is 0. The van der Waals surface area contributed by atoms with E-state index >= 15 is 0 Å². The lowest BCUT2D eigenvalue weighted by molar-refractivity contribution is -0.139. The van der Waals surface area contributed by atoms with Crippen LogP contribution in [0.2, 0.25) is 0 Å². The SMILES string of the molecule is O=C([C@H]1CN(C(=O)Cc2ccccc2F)c2ccccc2O1)N1CCCCC1. The highest BCUT2D eigenvalue weighted by molar-refractivity contribution is 5.98. The fourth-order valence-electron chi connectivity index (χ4n) is 3.82. The molecule has 28 heavy (non-hydrogen) atoms. The van der Waals surface area contributed by atoms with Gasteiger partial charge < -0.3 is 14.5 Å². The second-order valence-corrected chi connectivity index (χ2v) is 7.23. The van der Waals surface area contributed by atoms with E-state index in [9.17, 15) is 14.0 Å². The lowest BCUT2D eigenvalue weighted by atomic mass is 10.1. The zero-order chi connectivity index (χ0) is 19.5. The maximum absolute atomic E-state index is 14.0. The second-order valence-electron chi connectivity index (χ2n) is 7.23. The molecule has 0 aromatic heterocycles. The van der Waals surface area contributed by atoms with E-state index in [4.69, 9.17) is 4.74 Å². The molecule has 0 unspecified atom stereocenters. The van der Waals surface area contributed by atoms with Crippen LogP contribution in [0, 0.1) is 5.82 Å². The average molecular weight is 382 g/mol. The number of rotatable bonds is 3. The van der Waals surface area contributed by atoms with Gasteiger partial charge in [0.2, 0.25) is 5.91 Å². The van der Waals surface area contributed by atoms with Crippen molar-refractivity contribution in [1.29, 1.82) is 0 Å². The van der Waals surface area contributed by atoms with Crippen LogP contribution >= 0.6 is 0 Å². The highest BCUT2D eigenvalue weighted by atomic mass is 19.1. The molecule has 0 aliphatic carbocycles. The predicted octanol–water partition coefficient (Wildman–Crippen LogP) is 3.17. The van der Waals surface area contributed by atoms with Gasteiger partial charge >= 0.3 is 0 Å². The minimum Gasteiger partial charge on any atom is -0.476 e. The normalized spacial score (nSPS) is 19.0. The lowest BCUT2D eigenvalue weighted by Crippen LogP contribution is -2.53. The summed E-state index contributed by atoms with van der Waals surface area (Å²) in [5.41, 5.74) is 0.960. The van der Waals surface area contributed by atoms with E-state index in [-0.39, 0.29) is 24.8 Å². The smallest absolute Gasteiger partial charge is 0.265 e. The number of carbonyl (C=O) groups excluding carboxylic acids is 2. The van der Waals surface area contributed by atoms with Gasteiger partial charge in [0.05, 0.1) is 18.7 Å². The number of fused-ring (bicyclic) bond motifs is 1. The summed E-state index contributed by atoms with van der Waals surface area (Å²) in [6.07, 6.45) is 2.31. The number of ether oxygens (including phenoxy) is 1. The van der Waals surface area contributed by atoms with Gasteiger partial charge in [-0.25, -0.2) is 4.39 Å². The molecule has 0 bridgehead atoms. The van der Waals surface area contributed by atoms with Crippen molar-refractivity contribution < 1.29 is 18.7 Å². The van der Waals surface area contributed by atoms with Crippen molar-refractivity contribution in [2.45, 2.75) is 31.8 Å². The Balaban J connectivity index is 1.57. The van der Waals surface area contributed by atoms with Crippen LogP contribution < -0.4 is 9.64 Å². The third kappa shape index (κ3) is 3.72. The molecule has 2 aromatic carbocycles. The molecule has 1 atom stereocenters. The van der Waals surface area contributed by atoms with Crippen molar-refractivity contribution in [2.24, 2.45) is 0 Å². The van der Waals surface area contributed by atoms with Gasteiger partial charge in [-0.3, -0.25) is 9.59 Å². The van der Waals surface area contributed by atoms with E-state index in [0.29, 0.717) is 17.0 Å². The van der Waals surface area contributed by atoms with Crippen molar-refractivity contribution >= 4 is 17.5 Å². The first kappa shape index (κ1) is 18.5. The summed E-state index contributed by atoms with van der Waals surface area (Å²) in [6.45, 7) is 1.59. The number of anilines is 1. The third-order valence-electron chi connectivity index (χ3n) is 5.32. The van der Waals surface area contributed by atoms with Crippen LogP contribution in [0.25, 0.3) is 0 Å². The monoisotopic (exact) mass is 382 g/mol. The van der Waals surface area contributed by atoms with Gasteiger partial charge in [0.25, 0.3) is 5.91 Å². The van der Waals surface area contributed by atoms with Crippen molar-refractivity contribution in [3.05, 3.63) is 59.9 Å². The maximum Gasteiger partial charge on any atom is 0.265 e. The number of benzene rings is 2. The Kier molecular flexibility index (Phi) is 5.28. The zero-order valence-electron chi connectivity index (χ0n) is 15.6. The number of piperidine rings is 1. The fourth-order valence-corrected chi connectivity index (χ4v) is 3.82. The second kappa shape index (κ2) is 8.00. The molecule has 0 N–H and O–H groups in total. The molecular formula is C22H23FN2O3. The number of amides is 2. The van der Waals surface area contributed by atoms with Gasteiger partial charge in [0.15, 0.2) is 6.10 Å². The highest BCUT2D eigenvalue weighted by Crippen LogP contribution is 2.34. The average Bonchev–Trinajstić information content (AvgIpc) is 2.74. The van der Waals surface area contributed by atoms with Crippen LogP contribution in [0.5, 0.6) is 5.75 Å². The Hall–Kier alpha value is -2.89. The summed E-state index contributed by atoms with van der Waals surface area (Å²) >= 11 is 0. The van der Waals surface area contributed by atoms with Crippen LogP contribution in [0.3, 0.4) is 0 Å². The molecule has 2 amide bonds. The summed E-state index contributed by atoms with van der Waals surface area (Å²) in [7, 11) is 0. The van der Waals surface area contributed by atoms with Crippen LogP contribution in [0.1, 0.15) is 24.8 Å². The van der Waals surface area contributed by atoms with Gasteiger partial charge in [0.1, 0.15) is 11.6 Å². The third-order valence-corrected chi connectivity index (χ3v) is 5.32. The zero-order valence-corrected chi connectivity index (χ0v) is 15.6. The van der Waals surface area contributed by atoms with E-state index in [0.717, 1.165) is 32.4 Å². The topological polar surface area (TPSA) is 49.9 Å². The number of carbonyl (C=O) groups is 2. The van der Waals surface area contributed by atoms with Gasteiger partial charge in [-0.2, -0.15) is 0 Å². The quantitative estimate of drug-likeness (QED) is 0.819. The lowest BCUT2D eigenvalue weighted by Gasteiger charge is -2.37. The largest absolute Gasteiger partial charge is 0.476 e. The van der Waals surface area contributed by atoms with E-state index in [2.05, 4.69) is 0 Å². The summed E-state index contributed by atoms with van der Waals surface area (Å²) < 4.78 is 19.9. The molecule has 2 heterocycles. The first-order valence-electron chi connectivity index (χ1n) is 9.72. The van der Waals surface area contributed by atoms with Gasteiger partial charge in [0, 0.05) is 13.1 Å². The summed E-state index contributed by atoms with van der Waals surface area (Å²) in [4.78, 5) is 29.3. The predicted molar refractivity (Wildman–Crippen MR) is 104 cm³/mol. The molecule has 4 rings (SSSR count). The Labute approximate surface area is 163 Å². The molecule has 6 heteroatoms. The molecule has 5 nitrogen and oxygen atoms in total. The number of halogens is 1. The molecule has 146 valence electrons. The summed E-state index contributed by atoms with van der Waals surface area (Å²) in [5.74, 6) is -0.237. The van der Waals surface area contributed by atoms with Gasteiger partial charge in [-0.1, -0.05) is 30.3 Å². The molecule has 0 radical (unpaired) electrons. The van der Waals surface area contributed by atoms with E-state index in [1.807, 2.05) is 17.0 Å². The minimum atomic E-state index is -0.738. The number of hydrogen-bond acceptors (Lipinski definition) is 3. The van der Waals surface area contributed by atoms with E-state index < -0.39 is 11.9 Å². The van der Waals surface area contributed by atoms with Gasteiger partial charge in [-0.15, -0.1) is 0 Å². The number of nitrogens with zero attached hydrogens (tertiary/aromatic N) is 2. The molecule has 0 spiro atoms. The van der Waals surface area contributed by atoms with Crippen molar-refractivity contribution in [3.63, 3.8) is 0 Å². The fraction of sp³-hybridized carbons (Fsp3) is 0.364. The summed E-state index contributed by atoms with van der Waals surface area (Å²) in [6, 6.07) is 13.4. The van der Waals surface area contributed by atoms with Crippen LogP contribution in [0.4, 0.5) is 10.1 Å². The van der Waals surface area contributed by atoms with Crippen molar-refractivity contribution in [3.8, 4) is 5.75 Å². The Morgan fingerprint density at radius 2 is 1.71 bits per heavy atom. The summed E-state index contributed by atoms with van der Waals surface area (Å²) in [5, 5.41) is 0. The Bertz CT molecular complexity index is 880. The Morgan fingerprint density at radius 1 is 1.00 bits per heavy atom. The first-order valence-corrected chi connectivity index (χ1v) is 9.72. The van der Waals surface area contributed by atoms with Crippen LogP contribution in [-0.2, 0) is 16.0 Å². The number of para-hydroxylation sites is 2. The Morgan fingerprint density at radius 3 is 2.50 bits per heavy atom. The molecule has 2 aliphatic rings. The molecule has 1 fully saturated rings. The van der Waals surface area contributed by atoms with Gasteiger partial charge in [-0.05, 0) is 43.0 Å². The van der Waals surface area contributed by atoms with E-state index in [1.54, 1.807) is 35.2 Å². The van der Waals surface area contributed by atoms with E-state index in [1.165, 1.54) is 6.07 Å². The van der Waals surface area contributed by atoms with Crippen LogP contribution in [0.15, 0.2) is 48.5 Å². The highest BCUT2D eigenvalue weighted by Gasteiger charge is 2.36. The molecule has 0 saturated carbocycles. The molecule has 2 aliphatic heterocycles. The molecular weight excluding hydrogens is 359 g/mol. The molecule has 1 saturated heterocycles. The first-order chi connectivity index (χ1) is 13.6. The minimum absolute atomic E-state index is 0.0639.